The van der Waals surface area contributed by atoms with Gasteiger partial charge in [-0.2, -0.15) is 25.3 Å². The number of rotatable bonds is 12. The van der Waals surface area contributed by atoms with E-state index in [0.29, 0.717) is 6.42 Å². The molecule has 0 aliphatic carbocycles. The van der Waals surface area contributed by atoms with Gasteiger partial charge in [0.25, 0.3) is 0 Å². The smallest absolute Gasteiger partial charge is 0.326 e. The molecule has 2 aromatic carbocycles. The van der Waals surface area contributed by atoms with Crippen LogP contribution in [0.5, 0.6) is 0 Å². The van der Waals surface area contributed by atoms with E-state index in [1.165, 1.54) is 0 Å². The Kier molecular flexibility index (Phi) is 10.9. The average molecular weight is 447 g/mol. The molecule has 6 heteroatoms. The van der Waals surface area contributed by atoms with Crippen LogP contribution < -0.4 is 0 Å². The highest BCUT2D eigenvalue weighted by molar-refractivity contribution is 7.81. The monoisotopic (exact) mass is 446 g/mol. The normalized spacial score (nSPS) is 13.8. The first-order valence-corrected chi connectivity index (χ1v) is 11.4. The minimum Gasteiger partial charge on any atom is -0.424 e. The number of hydrogen-bond acceptors (Lipinski definition) is 6. The maximum absolute atomic E-state index is 12.6. The summed E-state index contributed by atoms with van der Waals surface area (Å²) in [6.45, 7) is 2.15. The number of hydrogen-bond donors (Lipinski definition) is 2. The van der Waals surface area contributed by atoms with Crippen molar-refractivity contribution in [1.82, 2.24) is 0 Å². The lowest BCUT2D eigenvalue weighted by Crippen LogP contribution is -2.28. The Morgan fingerprint density at radius 1 is 0.733 bits per heavy atom. The van der Waals surface area contributed by atoms with Gasteiger partial charge in [-0.1, -0.05) is 93.3 Å². The highest BCUT2D eigenvalue weighted by Gasteiger charge is 2.27. The van der Waals surface area contributed by atoms with Crippen LogP contribution in [0.4, 0.5) is 0 Å². The lowest BCUT2D eigenvalue weighted by molar-refractivity contribution is -0.188. The summed E-state index contributed by atoms with van der Waals surface area (Å²) in [5.74, 6) is -1.07. The topological polar surface area (TPSA) is 52.6 Å². The molecule has 2 atom stereocenters. The summed E-state index contributed by atoms with van der Waals surface area (Å²) in [5.41, 5.74) is 1.46. The molecule has 0 saturated carbocycles. The fraction of sp³-hybridized carbons (Fsp3) is 0.417. The molecule has 0 aromatic heterocycles. The van der Waals surface area contributed by atoms with Crippen molar-refractivity contribution >= 4 is 37.2 Å². The Labute approximate surface area is 190 Å². The van der Waals surface area contributed by atoms with Gasteiger partial charge in [-0.3, -0.25) is 9.59 Å². The van der Waals surface area contributed by atoms with Crippen LogP contribution in [0, 0.1) is 0 Å². The number of carbonyl (C=O) groups is 2. The number of unbranched alkanes of at least 4 members (excludes halogenated alkanes) is 4. The molecule has 162 valence electrons. The standard InChI is InChI=1S/C24H30O4S2/c1-2-3-4-5-12-17-20(27-23(25)21(29)18-13-8-6-9-14-18)28-24(26)22(30)19-15-10-7-11-16-19/h6-11,13-16,20-22,29-30H,2-5,12,17H2,1H3. The first kappa shape index (κ1) is 24.4. The first-order chi connectivity index (χ1) is 14.5. The summed E-state index contributed by atoms with van der Waals surface area (Å²) in [6, 6.07) is 18.3. The highest BCUT2D eigenvalue weighted by atomic mass is 32.1. The van der Waals surface area contributed by atoms with Gasteiger partial charge in [0.2, 0.25) is 6.29 Å². The molecule has 30 heavy (non-hydrogen) atoms. The van der Waals surface area contributed by atoms with E-state index in [9.17, 15) is 9.59 Å². The Morgan fingerprint density at radius 3 is 1.60 bits per heavy atom. The fourth-order valence-corrected chi connectivity index (χ4v) is 3.45. The maximum Gasteiger partial charge on any atom is 0.326 e. The Hall–Kier alpha value is -1.92. The van der Waals surface area contributed by atoms with Crippen LogP contribution in [-0.2, 0) is 19.1 Å². The van der Waals surface area contributed by atoms with Crippen molar-refractivity contribution in [1.29, 1.82) is 0 Å². The van der Waals surface area contributed by atoms with Crippen LogP contribution in [0.2, 0.25) is 0 Å². The van der Waals surface area contributed by atoms with E-state index in [1.54, 1.807) is 0 Å². The second-order valence-corrected chi connectivity index (χ2v) is 8.17. The fourth-order valence-electron chi connectivity index (χ4n) is 2.99. The third-order valence-corrected chi connectivity index (χ3v) is 5.73. The van der Waals surface area contributed by atoms with E-state index in [-0.39, 0.29) is 0 Å². The van der Waals surface area contributed by atoms with Gasteiger partial charge in [0.1, 0.15) is 10.5 Å². The summed E-state index contributed by atoms with van der Waals surface area (Å²) in [7, 11) is 0. The molecule has 0 heterocycles. The second-order valence-electron chi connectivity index (χ2n) is 7.13. The van der Waals surface area contributed by atoms with Crippen LogP contribution in [0.3, 0.4) is 0 Å². The van der Waals surface area contributed by atoms with E-state index in [0.717, 1.165) is 43.2 Å². The predicted molar refractivity (Wildman–Crippen MR) is 126 cm³/mol. The summed E-state index contributed by atoms with van der Waals surface area (Å²) < 4.78 is 11.1. The summed E-state index contributed by atoms with van der Waals surface area (Å²) >= 11 is 8.77. The molecule has 0 radical (unpaired) electrons. The van der Waals surface area contributed by atoms with Gasteiger partial charge in [-0.05, 0) is 17.5 Å². The lowest BCUT2D eigenvalue weighted by atomic mass is 10.1. The quantitative estimate of drug-likeness (QED) is 0.179. The van der Waals surface area contributed by atoms with Crippen LogP contribution in [0.25, 0.3) is 0 Å². The van der Waals surface area contributed by atoms with Crippen molar-refractivity contribution in [2.24, 2.45) is 0 Å². The molecule has 2 unspecified atom stereocenters. The zero-order valence-corrected chi connectivity index (χ0v) is 19.1. The number of thiol groups is 2. The molecule has 0 amide bonds. The molecular weight excluding hydrogens is 416 g/mol. The molecular formula is C24H30O4S2. The van der Waals surface area contributed by atoms with Crippen LogP contribution >= 0.6 is 25.3 Å². The molecule has 0 N–H and O–H groups in total. The Balaban J connectivity index is 2.00. The van der Waals surface area contributed by atoms with Gasteiger partial charge < -0.3 is 9.47 Å². The van der Waals surface area contributed by atoms with E-state index >= 15 is 0 Å². The number of carbonyl (C=O) groups excluding carboxylic acids is 2. The molecule has 0 spiro atoms. The van der Waals surface area contributed by atoms with Gasteiger partial charge in [0, 0.05) is 6.42 Å². The third kappa shape index (κ3) is 8.07. The maximum atomic E-state index is 12.6. The number of ether oxygens (including phenoxy) is 2. The van der Waals surface area contributed by atoms with Gasteiger partial charge in [0.05, 0.1) is 0 Å². The lowest BCUT2D eigenvalue weighted by Gasteiger charge is -2.22. The third-order valence-electron chi connectivity index (χ3n) is 4.72. The largest absolute Gasteiger partial charge is 0.424 e. The second kappa shape index (κ2) is 13.4. The molecule has 0 bridgehead atoms. The predicted octanol–water partition coefficient (Wildman–Crippen LogP) is 6.10. The van der Waals surface area contributed by atoms with Crippen molar-refractivity contribution in [3.05, 3.63) is 71.8 Å². The highest BCUT2D eigenvalue weighted by Crippen LogP contribution is 2.26. The van der Waals surface area contributed by atoms with E-state index in [2.05, 4.69) is 32.2 Å². The van der Waals surface area contributed by atoms with Crippen molar-refractivity contribution in [2.45, 2.75) is 62.2 Å². The first-order valence-electron chi connectivity index (χ1n) is 10.4. The van der Waals surface area contributed by atoms with Crippen molar-refractivity contribution in [3.8, 4) is 0 Å². The van der Waals surface area contributed by atoms with Crippen LogP contribution in [0.15, 0.2) is 60.7 Å². The minimum atomic E-state index is -0.955. The molecule has 2 aromatic rings. The summed E-state index contributed by atoms with van der Waals surface area (Å²) in [5, 5.41) is -1.48. The zero-order chi connectivity index (χ0) is 21.8. The number of esters is 2. The Bertz CT molecular complexity index is 708. The molecule has 2 rings (SSSR count). The number of benzene rings is 2. The van der Waals surface area contributed by atoms with Crippen molar-refractivity contribution in [2.75, 3.05) is 0 Å². The van der Waals surface area contributed by atoms with Gasteiger partial charge in [-0.25, -0.2) is 0 Å². The zero-order valence-electron chi connectivity index (χ0n) is 17.3. The van der Waals surface area contributed by atoms with E-state index in [4.69, 9.17) is 9.47 Å². The molecule has 4 nitrogen and oxygen atoms in total. The van der Waals surface area contributed by atoms with Gasteiger partial charge in [0.15, 0.2) is 0 Å². The van der Waals surface area contributed by atoms with Crippen LogP contribution in [-0.4, -0.2) is 18.2 Å². The Morgan fingerprint density at radius 2 is 1.17 bits per heavy atom. The molecule has 0 aliphatic rings. The molecule has 0 aliphatic heterocycles. The van der Waals surface area contributed by atoms with E-state index in [1.807, 2.05) is 60.7 Å². The summed E-state index contributed by atoms with van der Waals surface area (Å²) in [6.07, 6.45) is 4.69. The van der Waals surface area contributed by atoms with Crippen molar-refractivity contribution in [3.63, 3.8) is 0 Å². The van der Waals surface area contributed by atoms with Gasteiger partial charge in [-0.15, -0.1) is 0 Å². The van der Waals surface area contributed by atoms with Crippen molar-refractivity contribution < 1.29 is 19.1 Å². The molecule has 0 fully saturated rings. The average Bonchev–Trinajstić information content (AvgIpc) is 2.78. The van der Waals surface area contributed by atoms with Crippen LogP contribution in [0.1, 0.15) is 67.1 Å². The van der Waals surface area contributed by atoms with E-state index < -0.39 is 28.7 Å². The SMILES string of the molecule is CCCCCCCC(OC(=O)C(S)c1ccccc1)OC(=O)C(S)c1ccccc1. The minimum absolute atomic E-state index is 0.450. The van der Waals surface area contributed by atoms with Gasteiger partial charge >= 0.3 is 11.9 Å². The summed E-state index contributed by atoms with van der Waals surface area (Å²) in [4.78, 5) is 25.2. The molecule has 0 saturated heterocycles.